The summed E-state index contributed by atoms with van der Waals surface area (Å²) in [7, 11) is 0. The molecule has 6 amide bonds. The van der Waals surface area contributed by atoms with E-state index in [1.807, 2.05) is 0 Å². The maximum Gasteiger partial charge on any atom is 0.328 e. The maximum absolute atomic E-state index is 12.6. The average Bonchev–Trinajstić information content (AvgIpc) is 3.09. The SMILES string of the molecule is CC(=O)N[C@@H](CCCN(O)C(=O)/C=C(\C)CCO)C(=O)OCC/C(C)=C/C(=O)N(O)CCCC1NC(=O)C(CCCN(O)C(=O)/C=C(\C)CCO)NC1=O. The molecule has 1 fully saturated rings. The van der Waals surface area contributed by atoms with E-state index in [1.165, 1.54) is 19.1 Å². The Bertz CT molecular complexity index is 1400. The summed E-state index contributed by atoms with van der Waals surface area (Å²) in [6, 6.07) is -2.81. The second-order valence-electron chi connectivity index (χ2n) is 13.0. The van der Waals surface area contributed by atoms with Crippen LogP contribution in [-0.4, -0.2) is 140 Å². The topological polar surface area (TPSA) is 276 Å². The van der Waals surface area contributed by atoms with E-state index in [0.717, 1.165) is 6.08 Å². The highest BCUT2D eigenvalue weighted by molar-refractivity contribution is 5.97. The number of esters is 1. The standard InChI is InChI=1S/C35H56N6O13/c1-23(11-17-42)20-30(45)39(51)14-5-8-27-33(48)38-28(34(49)37-27)9-6-15-40(52)32(47)22-25(3)13-19-54-35(50)29(36-26(4)44)10-7-16-41(53)31(46)21-24(2)12-18-43/h20-22,27-29,42-43,51-53H,5-19H2,1-4H3,(H,36,44)(H,37,49)(H,38,48)/b23-20+,24-21+,25-22+/t27?,28?,29-/m0/s1. The molecule has 1 aliphatic heterocycles. The van der Waals surface area contributed by atoms with Gasteiger partial charge in [-0.15, -0.1) is 0 Å². The zero-order chi connectivity index (χ0) is 40.8. The van der Waals surface area contributed by atoms with Crippen molar-refractivity contribution in [3.63, 3.8) is 0 Å². The molecule has 54 heavy (non-hydrogen) atoms. The molecule has 0 saturated carbocycles. The third kappa shape index (κ3) is 18.9. The first kappa shape index (κ1) is 47.3. The van der Waals surface area contributed by atoms with Crippen LogP contribution in [0.3, 0.4) is 0 Å². The van der Waals surface area contributed by atoms with Crippen LogP contribution in [0.2, 0.25) is 0 Å². The van der Waals surface area contributed by atoms with Gasteiger partial charge in [-0.2, -0.15) is 0 Å². The fraction of sp³-hybridized carbons (Fsp3) is 0.629. The molecule has 304 valence electrons. The summed E-state index contributed by atoms with van der Waals surface area (Å²) in [6.45, 7) is 5.30. The molecule has 0 aliphatic carbocycles. The van der Waals surface area contributed by atoms with Crippen molar-refractivity contribution in [2.24, 2.45) is 0 Å². The molecular weight excluding hydrogens is 712 g/mol. The molecule has 2 unspecified atom stereocenters. The molecule has 0 bridgehead atoms. The van der Waals surface area contributed by atoms with Gasteiger partial charge in [0.15, 0.2) is 0 Å². The first-order valence-corrected chi connectivity index (χ1v) is 17.8. The van der Waals surface area contributed by atoms with E-state index in [4.69, 9.17) is 14.9 Å². The molecule has 0 aromatic rings. The lowest BCUT2D eigenvalue weighted by Crippen LogP contribution is -2.61. The van der Waals surface area contributed by atoms with Crippen molar-refractivity contribution in [2.75, 3.05) is 39.5 Å². The van der Waals surface area contributed by atoms with Crippen LogP contribution < -0.4 is 16.0 Å². The van der Waals surface area contributed by atoms with Crippen LogP contribution in [0.1, 0.15) is 85.5 Å². The molecule has 1 saturated heterocycles. The lowest BCUT2D eigenvalue weighted by molar-refractivity contribution is -0.160. The Morgan fingerprint density at radius 2 is 1.07 bits per heavy atom. The summed E-state index contributed by atoms with van der Waals surface area (Å²) in [5, 5.41) is 57.0. The molecule has 19 heteroatoms. The Hall–Kier alpha value is -4.69. The molecule has 0 aromatic heterocycles. The quantitative estimate of drug-likeness (QED) is 0.0279. The Morgan fingerprint density at radius 1 is 0.685 bits per heavy atom. The lowest BCUT2D eigenvalue weighted by Gasteiger charge is -2.30. The largest absolute Gasteiger partial charge is 0.464 e. The number of rotatable bonds is 24. The van der Waals surface area contributed by atoms with Gasteiger partial charge in [0.1, 0.15) is 18.1 Å². The van der Waals surface area contributed by atoms with Crippen molar-refractivity contribution in [1.82, 2.24) is 31.1 Å². The summed E-state index contributed by atoms with van der Waals surface area (Å²) >= 11 is 0. The zero-order valence-electron chi connectivity index (χ0n) is 31.4. The van der Waals surface area contributed by atoms with Crippen molar-refractivity contribution in [3.05, 3.63) is 34.9 Å². The Balaban J connectivity index is 2.47. The van der Waals surface area contributed by atoms with Gasteiger partial charge in [-0.3, -0.25) is 44.4 Å². The molecule has 3 atom stereocenters. The number of hydroxylamine groups is 6. The maximum atomic E-state index is 12.6. The number of aliphatic hydroxyl groups is 2. The summed E-state index contributed by atoms with van der Waals surface area (Å²) in [5.41, 5.74) is 1.64. The van der Waals surface area contributed by atoms with Crippen LogP contribution in [0.25, 0.3) is 0 Å². The predicted octanol–water partition coefficient (Wildman–Crippen LogP) is 0.00530. The van der Waals surface area contributed by atoms with Crippen molar-refractivity contribution in [2.45, 2.75) is 104 Å². The molecule has 8 N–H and O–H groups in total. The van der Waals surface area contributed by atoms with Crippen molar-refractivity contribution >= 4 is 41.4 Å². The van der Waals surface area contributed by atoms with Crippen LogP contribution >= 0.6 is 0 Å². The minimum absolute atomic E-state index is 0.0556. The third-order valence-electron chi connectivity index (χ3n) is 8.14. The molecule has 19 nitrogen and oxygen atoms in total. The van der Waals surface area contributed by atoms with Crippen LogP contribution in [0, 0.1) is 0 Å². The van der Waals surface area contributed by atoms with E-state index < -0.39 is 59.5 Å². The summed E-state index contributed by atoms with van der Waals surface area (Å²) in [4.78, 5) is 85.9. The average molecular weight is 769 g/mol. The minimum Gasteiger partial charge on any atom is -0.464 e. The number of piperazine rings is 1. The van der Waals surface area contributed by atoms with Gasteiger partial charge in [-0.05, 0) is 72.1 Å². The minimum atomic E-state index is -1.05. The van der Waals surface area contributed by atoms with Crippen molar-refractivity contribution < 1.29 is 64.1 Å². The molecule has 1 rings (SSSR count). The van der Waals surface area contributed by atoms with Crippen molar-refractivity contribution in [1.29, 1.82) is 0 Å². The van der Waals surface area contributed by atoms with Gasteiger partial charge in [-0.1, -0.05) is 16.7 Å². The molecule has 0 aromatic carbocycles. The number of amides is 6. The summed E-state index contributed by atoms with van der Waals surface area (Å²) < 4.78 is 5.26. The van der Waals surface area contributed by atoms with E-state index in [2.05, 4.69) is 16.0 Å². The molecule has 1 heterocycles. The second kappa shape index (κ2) is 25.4. The first-order valence-electron chi connectivity index (χ1n) is 17.8. The summed E-state index contributed by atoms with van der Waals surface area (Å²) in [5.74, 6) is -4.25. The number of ether oxygens (including phenoxy) is 1. The fourth-order valence-electron chi connectivity index (χ4n) is 5.08. The highest BCUT2D eigenvalue weighted by Gasteiger charge is 2.33. The van der Waals surface area contributed by atoms with Gasteiger partial charge in [-0.25, -0.2) is 20.0 Å². The normalized spacial score (nSPS) is 16.9. The zero-order valence-corrected chi connectivity index (χ0v) is 31.4. The van der Waals surface area contributed by atoms with Crippen LogP contribution in [0.15, 0.2) is 34.9 Å². The number of aliphatic hydroxyl groups excluding tert-OH is 2. The number of hydrogen-bond donors (Lipinski definition) is 8. The monoisotopic (exact) mass is 768 g/mol. The smallest absolute Gasteiger partial charge is 0.328 e. The highest BCUT2D eigenvalue weighted by atomic mass is 16.5. The molecule has 0 spiro atoms. The second-order valence-corrected chi connectivity index (χ2v) is 13.0. The summed E-state index contributed by atoms with van der Waals surface area (Å²) in [6.07, 6.45) is 5.09. The predicted molar refractivity (Wildman–Crippen MR) is 190 cm³/mol. The van der Waals surface area contributed by atoms with Crippen LogP contribution in [-0.2, 0) is 38.3 Å². The lowest BCUT2D eigenvalue weighted by atomic mass is 10.0. The van der Waals surface area contributed by atoms with E-state index >= 15 is 0 Å². The third-order valence-corrected chi connectivity index (χ3v) is 8.14. The molecule has 1 aliphatic rings. The van der Waals surface area contributed by atoms with E-state index in [-0.39, 0.29) is 90.8 Å². The van der Waals surface area contributed by atoms with Gasteiger partial charge in [0.25, 0.3) is 17.7 Å². The van der Waals surface area contributed by atoms with E-state index in [0.29, 0.717) is 38.3 Å². The van der Waals surface area contributed by atoms with Gasteiger partial charge >= 0.3 is 5.97 Å². The van der Waals surface area contributed by atoms with Gasteiger partial charge in [0, 0.05) is 64.4 Å². The van der Waals surface area contributed by atoms with E-state index in [1.54, 1.807) is 20.8 Å². The Labute approximate surface area is 314 Å². The number of nitrogens with zero attached hydrogens (tertiary/aromatic N) is 3. The highest BCUT2D eigenvalue weighted by Crippen LogP contribution is 2.11. The number of hydrogen-bond acceptors (Lipinski definition) is 13. The Morgan fingerprint density at radius 3 is 1.46 bits per heavy atom. The Kier molecular flexibility index (Phi) is 22.2. The number of carbonyl (C=O) groups is 7. The van der Waals surface area contributed by atoms with Crippen LogP contribution in [0.4, 0.5) is 0 Å². The first-order chi connectivity index (χ1) is 25.5. The van der Waals surface area contributed by atoms with E-state index in [9.17, 15) is 49.2 Å². The number of carbonyl (C=O) groups excluding carboxylic acids is 7. The van der Waals surface area contributed by atoms with Gasteiger partial charge < -0.3 is 30.9 Å². The number of nitrogens with one attached hydrogen (secondary N) is 3. The molecular formula is C35H56N6O13. The van der Waals surface area contributed by atoms with Crippen LogP contribution in [0.5, 0.6) is 0 Å². The fourth-order valence-corrected chi connectivity index (χ4v) is 5.08. The van der Waals surface area contributed by atoms with Gasteiger partial charge in [0.2, 0.25) is 17.7 Å². The van der Waals surface area contributed by atoms with Gasteiger partial charge in [0.05, 0.1) is 6.61 Å². The van der Waals surface area contributed by atoms with Crippen molar-refractivity contribution in [3.8, 4) is 0 Å². The molecule has 0 radical (unpaired) electrons.